The van der Waals surface area contributed by atoms with Crippen molar-refractivity contribution in [3.8, 4) is 0 Å². The van der Waals surface area contributed by atoms with Crippen LogP contribution in [0.15, 0.2) is 72.8 Å². The predicted molar refractivity (Wildman–Crippen MR) is 119 cm³/mol. The summed E-state index contributed by atoms with van der Waals surface area (Å²) in [5.74, 6) is 4.94. The van der Waals surface area contributed by atoms with Crippen molar-refractivity contribution >= 4 is 38.6 Å². The Labute approximate surface area is 165 Å². The standard InChI is InChI=1S/C21H18N2O.C2H8N2/c22-17-9-14(13-24)10-18(12-17)23-21-19-7-3-1-5-15(19)11-16-6-2-4-8-20(16)21;1-4(2)3/h1-12,23-24H,13,22H2;3H2,1-2H3. The Bertz CT molecular complexity index is 1040. The number of fused-ring (bicyclic) bond motifs is 2. The molecule has 0 spiro atoms. The molecule has 0 aliphatic rings. The van der Waals surface area contributed by atoms with Crippen molar-refractivity contribution in [2.24, 2.45) is 5.84 Å². The van der Waals surface area contributed by atoms with Gasteiger partial charge in [-0.15, -0.1) is 0 Å². The largest absolute Gasteiger partial charge is 0.399 e. The molecule has 0 saturated carbocycles. The molecule has 0 radical (unpaired) electrons. The van der Waals surface area contributed by atoms with Crippen LogP contribution in [0.5, 0.6) is 0 Å². The molecule has 6 N–H and O–H groups in total. The van der Waals surface area contributed by atoms with E-state index in [4.69, 9.17) is 11.6 Å². The predicted octanol–water partition coefficient (Wildman–Crippen LogP) is 4.23. The summed E-state index contributed by atoms with van der Waals surface area (Å²) < 4.78 is 0. The van der Waals surface area contributed by atoms with Gasteiger partial charge in [0.1, 0.15) is 0 Å². The zero-order valence-electron chi connectivity index (χ0n) is 16.2. The van der Waals surface area contributed by atoms with Crippen molar-refractivity contribution < 1.29 is 5.11 Å². The van der Waals surface area contributed by atoms with Crippen LogP contribution in [0.4, 0.5) is 17.1 Å². The lowest BCUT2D eigenvalue weighted by Gasteiger charge is -2.15. The molecule has 144 valence electrons. The normalized spacial score (nSPS) is 10.8. The van der Waals surface area contributed by atoms with Gasteiger partial charge in [0.15, 0.2) is 0 Å². The lowest BCUT2D eigenvalue weighted by molar-refractivity contribution is 0.282. The lowest BCUT2D eigenvalue weighted by Crippen LogP contribution is -2.18. The third-order valence-electron chi connectivity index (χ3n) is 4.24. The second-order valence-electron chi connectivity index (χ2n) is 6.90. The number of anilines is 3. The van der Waals surface area contributed by atoms with Gasteiger partial charge in [0.05, 0.1) is 12.3 Å². The van der Waals surface area contributed by atoms with E-state index in [2.05, 4.69) is 35.6 Å². The highest BCUT2D eigenvalue weighted by Crippen LogP contribution is 2.35. The van der Waals surface area contributed by atoms with Gasteiger partial charge in [-0.1, -0.05) is 48.5 Å². The summed E-state index contributed by atoms with van der Waals surface area (Å²) in [4.78, 5) is 0. The van der Waals surface area contributed by atoms with Crippen LogP contribution in [-0.2, 0) is 6.61 Å². The number of benzene rings is 4. The molecule has 0 amide bonds. The first-order valence-electron chi connectivity index (χ1n) is 9.08. The van der Waals surface area contributed by atoms with Crippen molar-refractivity contribution in [2.45, 2.75) is 6.61 Å². The third kappa shape index (κ3) is 4.58. The Balaban J connectivity index is 0.000000516. The number of rotatable bonds is 3. The third-order valence-corrected chi connectivity index (χ3v) is 4.24. The molecule has 0 aliphatic heterocycles. The summed E-state index contributed by atoms with van der Waals surface area (Å²) in [5, 5.41) is 19.1. The molecule has 0 unspecified atom stereocenters. The first-order valence-corrected chi connectivity index (χ1v) is 9.08. The van der Waals surface area contributed by atoms with Gasteiger partial charge in [-0.25, -0.2) is 0 Å². The Morgan fingerprint density at radius 3 is 1.93 bits per heavy atom. The van der Waals surface area contributed by atoms with Gasteiger partial charge in [-0.3, -0.25) is 10.9 Å². The quantitative estimate of drug-likeness (QED) is 0.187. The second kappa shape index (κ2) is 8.71. The fraction of sp³-hybridized carbons (Fsp3) is 0.130. The number of nitrogens with one attached hydrogen (secondary N) is 1. The molecule has 4 aromatic rings. The molecule has 5 heteroatoms. The Hall–Kier alpha value is -3.12. The Kier molecular flexibility index (Phi) is 6.11. The molecular formula is C23H26N4O. The summed E-state index contributed by atoms with van der Waals surface area (Å²) in [5.41, 5.74) is 9.32. The van der Waals surface area contributed by atoms with E-state index in [1.165, 1.54) is 15.8 Å². The number of hydrazine groups is 1. The summed E-state index contributed by atoms with van der Waals surface area (Å²) in [7, 11) is 3.56. The SMILES string of the molecule is CN(C)N.Nc1cc(CO)cc(Nc2c3ccccc3cc3ccccc23)c1. The molecule has 28 heavy (non-hydrogen) atoms. The van der Waals surface area contributed by atoms with Crippen LogP contribution in [0.2, 0.25) is 0 Å². The number of aliphatic hydroxyl groups excluding tert-OH is 1. The zero-order valence-corrected chi connectivity index (χ0v) is 16.2. The summed E-state index contributed by atoms with van der Waals surface area (Å²) in [6.45, 7) is -0.0317. The van der Waals surface area contributed by atoms with Crippen molar-refractivity contribution in [3.63, 3.8) is 0 Å². The van der Waals surface area contributed by atoms with Crippen LogP contribution in [-0.4, -0.2) is 24.2 Å². The molecule has 0 aromatic heterocycles. The molecule has 4 aromatic carbocycles. The highest BCUT2D eigenvalue weighted by Gasteiger charge is 2.08. The molecule has 0 fully saturated rings. The highest BCUT2D eigenvalue weighted by atomic mass is 16.3. The maximum Gasteiger partial charge on any atom is 0.0683 e. The lowest BCUT2D eigenvalue weighted by atomic mass is 10.0. The molecule has 0 atom stereocenters. The van der Waals surface area contributed by atoms with Gasteiger partial charge in [0, 0.05) is 36.2 Å². The fourth-order valence-corrected chi connectivity index (χ4v) is 3.17. The van der Waals surface area contributed by atoms with Crippen LogP contribution >= 0.6 is 0 Å². The molecule has 0 bridgehead atoms. The number of hydrogen-bond donors (Lipinski definition) is 4. The fourth-order valence-electron chi connectivity index (χ4n) is 3.17. The van der Waals surface area contributed by atoms with Crippen LogP contribution in [0.3, 0.4) is 0 Å². The number of nitrogens with two attached hydrogens (primary N) is 2. The topological polar surface area (TPSA) is 87.5 Å². The second-order valence-corrected chi connectivity index (χ2v) is 6.90. The van der Waals surface area contributed by atoms with E-state index in [9.17, 15) is 5.11 Å². The summed E-state index contributed by atoms with van der Waals surface area (Å²) >= 11 is 0. The number of aliphatic hydroxyl groups is 1. The summed E-state index contributed by atoms with van der Waals surface area (Å²) in [6, 6.07) is 24.4. The van der Waals surface area contributed by atoms with E-state index in [0.29, 0.717) is 5.69 Å². The number of nitrogens with zero attached hydrogens (tertiary/aromatic N) is 1. The van der Waals surface area contributed by atoms with Gasteiger partial charge in [-0.2, -0.15) is 0 Å². The average molecular weight is 374 g/mol. The minimum absolute atomic E-state index is 0.0317. The van der Waals surface area contributed by atoms with E-state index in [-0.39, 0.29) is 6.61 Å². The molecule has 0 saturated heterocycles. The van der Waals surface area contributed by atoms with E-state index in [0.717, 1.165) is 27.7 Å². The van der Waals surface area contributed by atoms with Gasteiger partial charge < -0.3 is 16.2 Å². The van der Waals surface area contributed by atoms with Crippen LogP contribution in [0.1, 0.15) is 5.56 Å². The van der Waals surface area contributed by atoms with Gasteiger partial charge in [0.25, 0.3) is 0 Å². The van der Waals surface area contributed by atoms with Crippen molar-refractivity contribution in [2.75, 3.05) is 25.1 Å². The smallest absolute Gasteiger partial charge is 0.0683 e. The van der Waals surface area contributed by atoms with Gasteiger partial charge >= 0.3 is 0 Å². The minimum atomic E-state index is -0.0317. The van der Waals surface area contributed by atoms with E-state index < -0.39 is 0 Å². The van der Waals surface area contributed by atoms with E-state index >= 15 is 0 Å². The van der Waals surface area contributed by atoms with Gasteiger partial charge in [-0.05, 0) is 40.6 Å². The average Bonchev–Trinajstić information content (AvgIpc) is 2.67. The molecule has 5 nitrogen and oxygen atoms in total. The number of nitrogen functional groups attached to an aromatic ring is 1. The minimum Gasteiger partial charge on any atom is -0.399 e. The van der Waals surface area contributed by atoms with Gasteiger partial charge in [0.2, 0.25) is 0 Å². The maximum atomic E-state index is 9.41. The first kappa shape index (κ1) is 19.6. The Morgan fingerprint density at radius 2 is 1.39 bits per heavy atom. The highest BCUT2D eigenvalue weighted by molar-refractivity contribution is 6.12. The van der Waals surface area contributed by atoms with Crippen LogP contribution in [0, 0.1) is 0 Å². The van der Waals surface area contributed by atoms with Crippen LogP contribution in [0.25, 0.3) is 21.5 Å². The molecule has 0 heterocycles. The maximum absolute atomic E-state index is 9.41. The molecule has 4 rings (SSSR count). The van der Waals surface area contributed by atoms with Crippen molar-refractivity contribution in [1.29, 1.82) is 0 Å². The number of hydrogen-bond acceptors (Lipinski definition) is 5. The van der Waals surface area contributed by atoms with Crippen molar-refractivity contribution in [3.05, 3.63) is 78.4 Å². The molecule has 0 aliphatic carbocycles. The Morgan fingerprint density at radius 1 is 0.857 bits per heavy atom. The summed E-state index contributed by atoms with van der Waals surface area (Å²) in [6.07, 6.45) is 0. The monoisotopic (exact) mass is 374 g/mol. The zero-order chi connectivity index (χ0) is 20.1. The van der Waals surface area contributed by atoms with E-state index in [1.54, 1.807) is 20.2 Å². The first-order chi connectivity index (χ1) is 13.5. The van der Waals surface area contributed by atoms with Crippen molar-refractivity contribution in [1.82, 2.24) is 5.01 Å². The van der Waals surface area contributed by atoms with E-state index in [1.807, 2.05) is 36.4 Å². The van der Waals surface area contributed by atoms with Crippen LogP contribution < -0.4 is 16.9 Å². The molecular weight excluding hydrogens is 348 g/mol.